The summed E-state index contributed by atoms with van der Waals surface area (Å²) in [5.74, 6) is 2.14. The second kappa shape index (κ2) is 8.19. The summed E-state index contributed by atoms with van der Waals surface area (Å²) in [6.07, 6.45) is 1.62. The first-order valence-electron chi connectivity index (χ1n) is 7.76. The molecule has 6 nitrogen and oxygen atoms in total. The van der Waals surface area contributed by atoms with Crippen LogP contribution in [0.25, 0.3) is 0 Å². The average molecular weight is 329 g/mol. The summed E-state index contributed by atoms with van der Waals surface area (Å²) >= 11 is 0. The molecule has 0 radical (unpaired) electrons. The van der Waals surface area contributed by atoms with Gasteiger partial charge in [-0.1, -0.05) is 13.8 Å². The molecule has 1 aromatic heterocycles. The van der Waals surface area contributed by atoms with Gasteiger partial charge in [0.15, 0.2) is 11.5 Å². The minimum absolute atomic E-state index is 0.211. The van der Waals surface area contributed by atoms with Crippen molar-refractivity contribution < 1.29 is 14.3 Å². The molecule has 0 saturated carbocycles. The van der Waals surface area contributed by atoms with Gasteiger partial charge in [-0.15, -0.1) is 0 Å². The SMILES string of the molecule is COc1ccc(NC(=O)c2ccnc(NCC(C)C)c2)cc1OC. The number of ether oxygens (including phenoxy) is 2. The van der Waals surface area contributed by atoms with Gasteiger partial charge in [-0.2, -0.15) is 0 Å². The molecule has 0 unspecified atom stereocenters. The van der Waals surface area contributed by atoms with Crippen LogP contribution in [0.3, 0.4) is 0 Å². The standard InChI is InChI=1S/C18H23N3O3/c1-12(2)11-20-17-9-13(7-8-19-17)18(22)21-14-5-6-15(23-3)16(10-14)24-4/h5-10,12H,11H2,1-4H3,(H,19,20)(H,21,22). The summed E-state index contributed by atoms with van der Waals surface area (Å²) in [6, 6.07) is 8.64. The lowest BCUT2D eigenvalue weighted by molar-refractivity contribution is 0.102. The maximum atomic E-state index is 12.4. The molecular weight excluding hydrogens is 306 g/mol. The number of amides is 1. The Hall–Kier alpha value is -2.76. The Morgan fingerprint density at radius 3 is 2.54 bits per heavy atom. The second-order valence-corrected chi connectivity index (χ2v) is 5.73. The van der Waals surface area contributed by atoms with Gasteiger partial charge >= 0.3 is 0 Å². The number of pyridine rings is 1. The van der Waals surface area contributed by atoms with Gasteiger partial charge in [0.25, 0.3) is 5.91 Å². The minimum Gasteiger partial charge on any atom is -0.493 e. The third-order valence-corrected chi connectivity index (χ3v) is 3.35. The van der Waals surface area contributed by atoms with Crippen LogP contribution in [0, 0.1) is 5.92 Å². The van der Waals surface area contributed by atoms with Crippen LogP contribution < -0.4 is 20.1 Å². The molecule has 2 N–H and O–H groups in total. The molecule has 6 heteroatoms. The van der Waals surface area contributed by atoms with E-state index in [1.807, 2.05) is 0 Å². The zero-order valence-electron chi connectivity index (χ0n) is 14.4. The Morgan fingerprint density at radius 1 is 1.12 bits per heavy atom. The van der Waals surface area contributed by atoms with Crippen molar-refractivity contribution in [2.45, 2.75) is 13.8 Å². The van der Waals surface area contributed by atoms with E-state index in [2.05, 4.69) is 29.5 Å². The van der Waals surface area contributed by atoms with Gasteiger partial charge in [0, 0.05) is 30.1 Å². The monoisotopic (exact) mass is 329 g/mol. The van der Waals surface area contributed by atoms with Crippen LogP contribution in [0.1, 0.15) is 24.2 Å². The Morgan fingerprint density at radius 2 is 1.88 bits per heavy atom. The van der Waals surface area contributed by atoms with Gasteiger partial charge in [-0.25, -0.2) is 4.98 Å². The summed E-state index contributed by atoms with van der Waals surface area (Å²) in [6.45, 7) is 5.02. The molecule has 1 heterocycles. The largest absolute Gasteiger partial charge is 0.493 e. The summed E-state index contributed by atoms with van der Waals surface area (Å²) in [4.78, 5) is 16.6. The molecule has 0 aliphatic carbocycles. The number of benzene rings is 1. The number of methoxy groups -OCH3 is 2. The average Bonchev–Trinajstić information content (AvgIpc) is 2.60. The quantitative estimate of drug-likeness (QED) is 0.814. The molecule has 0 fully saturated rings. The van der Waals surface area contributed by atoms with Crippen molar-refractivity contribution in [3.8, 4) is 11.5 Å². The van der Waals surface area contributed by atoms with Crippen molar-refractivity contribution >= 4 is 17.4 Å². The number of carbonyl (C=O) groups is 1. The number of aromatic nitrogens is 1. The third kappa shape index (κ3) is 4.62. The normalized spacial score (nSPS) is 10.4. The van der Waals surface area contributed by atoms with E-state index in [1.165, 1.54) is 0 Å². The molecular formula is C18H23N3O3. The Bertz CT molecular complexity index is 702. The van der Waals surface area contributed by atoms with E-state index < -0.39 is 0 Å². The minimum atomic E-state index is -0.211. The third-order valence-electron chi connectivity index (χ3n) is 3.35. The van der Waals surface area contributed by atoms with E-state index >= 15 is 0 Å². The maximum Gasteiger partial charge on any atom is 0.255 e. The van der Waals surface area contributed by atoms with Gasteiger partial charge in [0.1, 0.15) is 5.82 Å². The zero-order valence-corrected chi connectivity index (χ0v) is 14.4. The van der Waals surface area contributed by atoms with Crippen molar-refractivity contribution in [2.24, 2.45) is 5.92 Å². The van der Waals surface area contributed by atoms with E-state index in [4.69, 9.17) is 9.47 Å². The predicted molar refractivity (Wildman–Crippen MR) is 95.1 cm³/mol. The van der Waals surface area contributed by atoms with Crippen molar-refractivity contribution in [3.05, 3.63) is 42.1 Å². The molecule has 1 aromatic carbocycles. The molecule has 0 aliphatic heterocycles. The highest BCUT2D eigenvalue weighted by molar-refractivity contribution is 6.04. The highest BCUT2D eigenvalue weighted by Crippen LogP contribution is 2.29. The topological polar surface area (TPSA) is 72.5 Å². The second-order valence-electron chi connectivity index (χ2n) is 5.73. The van der Waals surface area contributed by atoms with Crippen LogP contribution in [0.15, 0.2) is 36.5 Å². The van der Waals surface area contributed by atoms with E-state index in [0.29, 0.717) is 34.5 Å². The van der Waals surface area contributed by atoms with Gasteiger partial charge in [-0.3, -0.25) is 4.79 Å². The highest BCUT2D eigenvalue weighted by atomic mass is 16.5. The van der Waals surface area contributed by atoms with Crippen molar-refractivity contribution in [1.82, 2.24) is 4.98 Å². The molecule has 0 bridgehead atoms. The van der Waals surface area contributed by atoms with Crippen molar-refractivity contribution in [2.75, 3.05) is 31.4 Å². The Labute approximate surface area is 142 Å². The molecule has 128 valence electrons. The van der Waals surface area contributed by atoms with Crippen LogP contribution >= 0.6 is 0 Å². The smallest absolute Gasteiger partial charge is 0.255 e. The molecule has 2 rings (SSSR count). The summed E-state index contributed by atoms with van der Waals surface area (Å²) in [5, 5.41) is 6.06. The maximum absolute atomic E-state index is 12.4. The van der Waals surface area contributed by atoms with Gasteiger partial charge in [0.05, 0.1) is 14.2 Å². The molecule has 0 atom stereocenters. The lowest BCUT2D eigenvalue weighted by Gasteiger charge is -2.11. The fraction of sp³-hybridized carbons (Fsp3) is 0.333. The molecule has 24 heavy (non-hydrogen) atoms. The van der Waals surface area contributed by atoms with Gasteiger partial charge in [-0.05, 0) is 30.2 Å². The number of nitrogens with zero attached hydrogens (tertiary/aromatic N) is 1. The molecule has 0 spiro atoms. The van der Waals surface area contributed by atoms with Crippen LogP contribution in [0.2, 0.25) is 0 Å². The lowest BCUT2D eigenvalue weighted by atomic mass is 10.2. The number of hydrogen-bond donors (Lipinski definition) is 2. The fourth-order valence-corrected chi connectivity index (χ4v) is 2.09. The lowest BCUT2D eigenvalue weighted by Crippen LogP contribution is -2.14. The Kier molecular flexibility index (Phi) is 6.01. The molecule has 1 amide bonds. The van der Waals surface area contributed by atoms with E-state index in [9.17, 15) is 4.79 Å². The number of hydrogen-bond acceptors (Lipinski definition) is 5. The van der Waals surface area contributed by atoms with E-state index in [-0.39, 0.29) is 5.91 Å². The summed E-state index contributed by atoms with van der Waals surface area (Å²) in [7, 11) is 3.12. The van der Waals surface area contributed by atoms with Crippen LogP contribution in [0.4, 0.5) is 11.5 Å². The first-order chi connectivity index (χ1) is 11.5. The first-order valence-corrected chi connectivity index (χ1v) is 7.76. The van der Waals surface area contributed by atoms with Crippen LogP contribution in [-0.4, -0.2) is 31.7 Å². The van der Waals surface area contributed by atoms with Crippen LogP contribution in [-0.2, 0) is 0 Å². The fourth-order valence-electron chi connectivity index (χ4n) is 2.09. The Balaban J connectivity index is 2.11. The van der Waals surface area contributed by atoms with E-state index in [1.54, 1.807) is 50.7 Å². The van der Waals surface area contributed by atoms with E-state index in [0.717, 1.165) is 6.54 Å². The number of carbonyl (C=O) groups excluding carboxylic acids is 1. The molecule has 0 aliphatic rings. The zero-order chi connectivity index (χ0) is 17.5. The molecule has 0 saturated heterocycles. The highest BCUT2D eigenvalue weighted by Gasteiger charge is 2.10. The molecule has 2 aromatic rings. The first kappa shape index (κ1) is 17.6. The van der Waals surface area contributed by atoms with Crippen molar-refractivity contribution in [3.63, 3.8) is 0 Å². The number of anilines is 2. The number of rotatable bonds is 7. The summed E-state index contributed by atoms with van der Waals surface area (Å²) < 4.78 is 10.4. The van der Waals surface area contributed by atoms with Gasteiger partial charge in [0.2, 0.25) is 0 Å². The van der Waals surface area contributed by atoms with Crippen LogP contribution in [0.5, 0.6) is 11.5 Å². The number of nitrogens with one attached hydrogen (secondary N) is 2. The van der Waals surface area contributed by atoms with Crippen molar-refractivity contribution in [1.29, 1.82) is 0 Å². The predicted octanol–water partition coefficient (Wildman–Crippen LogP) is 3.42. The van der Waals surface area contributed by atoms with Gasteiger partial charge < -0.3 is 20.1 Å². The summed E-state index contributed by atoms with van der Waals surface area (Å²) in [5.41, 5.74) is 1.16.